The second-order valence-corrected chi connectivity index (χ2v) is 9.23. The molecule has 0 aromatic heterocycles. The molecule has 0 aliphatic heterocycles. The molecule has 0 aromatic rings. The van der Waals surface area contributed by atoms with Crippen molar-refractivity contribution in [2.24, 2.45) is 0 Å². The van der Waals surface area contributed by atoms with Crippen LogP contribution in [0.4, 0.5) is 0 Å². The van der Waals surface area contributed by atoms with Crippen LogP contribution in [0.1, 0.15) is 33.6 Å². The lowest BCUT2D eigenvalue weighted by molar-refractivity contribution is 0.309. The molecule has 102 valence electrons. The molecule has 0 amide bonds. The van der Waals surface area contributed by atoms with Crippen LogP contribution in [-0.2, 0) is 24.3 Å². The van der Waals surface area contributed by atoms with Crippen LogP contribution in [0.3, 0.4) is 0 Å². The lowest BCUT2D eigenvalue weighted by Gasteiger charge is -2.24. The van der Waals surface area contributed by atoms with E-state index in [1.807, 2.05) is 0 Å². The predicted octanol–water partition coefficient (Wildman–Crippen LogP) is 0.213. The molecule has 17 heavy (non-hydrogen) atoms. The van der Waals surface area contributed by atoms with Gasteiger partial charge in [0, 0.05) is 5.54 Å². The second kappa shape index (κ2) is 4.18. The number of rotatable bonds is 5. The van der Waals surface area contributed by atoms with Gasteiger partial charge in [0.2, 0.25) is 10.0 Å². The van der Waals surface area contributed by atoms with Crippen molar-refractivity contribution in [3.05, 3.63) is 0 Å². The first-order chi connectivity index (χ1) is 7.37. The third-order valence-corrected chi connectivity index (χ3v) is 5.45. The molecule has 6 nitrogen and oxygen atoms in total. The Labute approximate surface area is 103 Å². The van der Waals surface area contributed by atoms with Crippen molar-refractivity contribution in [1.82, 2.24) is 4.72 Å². The maximum absolute atomic E-state index is 12.1. The molecule has 0 unspecified atom stereocenters. The SMILES string of the molecule is CC(C)(C)NS(=O)(=O)C1(COS(C)(=O)=O)CC1. The number of hydrogen-bond donors (Lipinski definition) is 1. The van der Waals surface area contributed by atoms with Gasteiger partial charge in [0.15, 0.2) is 0 Å². The van der Waals surface area contributed by atoms with Gasteiger partial charge in [-0.3, -0.25) is 4.18 Å². The molecule has 0 atom stereocenters. The van der Waals surface area contributed by atoms with E-state index < -0.39 is 30.4 Å². The van der Waals surface area contributed by atoms with Gasteiger partial charge in [-0.1, -0.05) is 0 Å². The van der Waals surface area contributed by atoms with Gasteiger partial charge in [-0.2, -0.15) is 8.42 Å². The fourth-order valence-electron chi connectivity index (χ4n) is 1.36. The van der Waals surface area contributed by atoms with Crippen molar-refractivity contribution in [2.45, 2.75) is 43.9 Å². The van der Waals surface area contributed by atoms with E-state index in [0.29, 0.717) is 12.8 Å². The third-order valence-electron chi connectivity index (χ3n) is 2.35. The highest BCUT2D eigenvalue weighted by molar-refractivity contribution is 7.91. The van der Waals surface area contributed by atoms with E-state index in [9.17, 15) is 16.8 Å². The Balaban J connectivity index is 2.78. The third kappa shape index (κ3) is 4.20. The van der Waals surface area contributed by atoms with Crippen LogP contribution in [0.25, 0.3) is 0 Å². The molecule has 1 aliphatic carbocycles. The van der Waals surface area contributed by atoms with Crippen LogP contribution in [0.5, 0.6) is 0 Å². The van der Waals surface area contributed by atoms with Crippen LogP contribution in [-0.4, -0.2) is 40.0 Å². The van der Waals surface area contributed by atoms with Crippen LogP contribution < -0.4 is 4.72 Å². The fourth-order valence-corrected chi connectivity index (χ4v) is 3.75. The Morgan fingerprint density at radius 2 is 1.65 bits per heavy atom. The summed E-state index contributed by atoms with van der Waals surface area (Å²) in [5.74, 6) is 0. The highest BCUT2D eigenvalue weighted by atomic mass is 32.2. The van der Waals surface area contributed by atoms with Gasteiger partial charge in [-0.05, 0) is 33.6 Å². The minimum Gasteiger partial charge on any atom is -0.269 e. The number of sulfonamides is 1. The normalized spacial score (nSPS) is 20.2. The van der Waals surface area contributed by atoms with E-state index in [1.165, 1.54) is 0 Å². The van der Waals surface area contributed by atoms with Crippen molar-refractivity contribution >= 4 is 20.1 Å². The Morgan fingerprint density at radius 1 is 1.18 bits per heavy atom. The van der Waals surface area contributed by atoms with Crippen LogP contribution in [0.2, 0.25) is 0 Å². The van der Waals surface area contributed by atoms with Crippen molar-refractivity contribution in [1.29, 1.82) is 0 Å². The molecule has 0 saturated heterocycles. The zero-order valence-electron chi connectivity index (χ0n) is 10.5. The van der Waals surface area contributed by atoms with Gasteiger partial charge in [0.25, 0.3) is 10.1 Å². The van der Waals surface area contributed by atoms with E-state index in [1.54, 1.807) is 20.8 Å². The Kier molecular flexibility index (Phi) is 3.66. The van der Waals surface area contributed by atoms with E-state index in [-0.39, 0.29) is 6.61 Å². The Morgan fingerprint density at radius 3 is 1.94 bits per heavy atom. The molecule has 1 fully saturated rings. The summed E-state index contributed by atoms with van der Waals surface area (Å²) in [7, 11) is -7.18. The monoisotopic (exact) mass is 285 g/mol. The fraction of sp³-hybridized carbons (Fsp3) is 1.00. The maximum Gasteiger partial charge on any atom is 0.264 e. The van der Waals surface area contributed by atoms with Crippen molar-refractivity contribution in [3.8, 4) is 0 Å². The Bertz CT molecular complexity index is 482. The molecule has 8 heteroatoms. The summed E-state index contributed by atoms with van der Waals surface area (Å²) < 4.78 is 51.9. The highest BCUT2D eigenvalue weighted by Crippen LogP contribution is 2.44. The predicted molar refractivity (Wildman–Crippen MR) is 64.6 cm³/mol. The van der Waals surface area contributed by atoms with Crippen LogP contribution in [0, 0.1) is 0 Å². The van der Waals surface area contributed by atoms with Gasteiger partial charge in [0.05, 0.1) is 12.9 Å². The standard InChI is InChI=1S/C9H19NO5S2/c1-8(2,3)10-17(13,14)9(5-6-9)7-15-16(4,11)12/h10H,5-7H2,1-4H3. The summed E-state index contributed by atoms with van der Waals surface area (Å²) >= 11 is 0. The summed E-state index contributed by atoms with van der Waals surface area (Å²) in [4.78, 5) is 0. The topological polar surface area (TPSA) is 89.5 Å². The van der Waals surface area contributed by atoms with Gasteiger partial charge in [-0.15, -0.1) is 0 Å². The van der Waals surface area contributed by atoms with Crippen molar-refractivity contribution in [3.63, 3.8) is 0 Å². The minimum atomic E-state index is -3.61. The van der Waals surface area contributed by atoms with Gasteiger partial charge in [-0.25, -0.2) is 13.1 Å². The summed E-state index contributed by atoms with van der Waals surface area (Å²) in [5, 5.41) is 0. The largest absolute Gasteiger partial charge is 0.269 e. The second-order valence-electron chi connectivity index (χ2n) is 5.50. The quantitative estimate of drug-likeness (QED) is 0.729. The molecule has 0 spiro atoms. The van der Waals surface area contributed by atoms with E-state index in [4.69, 9.17) is 0 Å². The first kappa shape index (κ1) is 14.9. The van der Waals surface area contributed by atoms with Crippen LogP contribution in [0.15, 0.2) is 0 Å². The summed E-state index contributed by atoms with van der Waals surface area (Å²) in [5.41, 5.74) is -0.584. The summed E-state index contributed by atoms with van der Waals surface area (Å²) in [6, 6.07) is 0. The average Bonchev–Trinajstić information content (AvgIpc) is 2.74. The molecule has 0 heterocycles. The maximum atomic E-state index is 12.1. The molecule has 0 radical (unpaired) electrons. The summed E-state index contributed by atoms with van der Waals surface area (Å²) in [6.45, 7) is 4.89. The van der Waals surface area contributed by atoms with E-state index in [2.05, 4.69) is 8.91 Å². The zero-order valence-corrected chi connectivity index (χ0v) is 12.1. The van der Waals surface area contributed by atoms with Gasteiger partial charge < -0.3 is 0 Å². The lowest BCUT2D eigenvalue weighted by Crippen LogP contribution is -2.48. The molecule has 1 N–H and O–H groups in total. The molecular formula is C9H19NO5S2. The smallest absolute Gasteiger partial charge is 0.264 e. The molecule has 1 rings (SSSR count). The first-order valence-corrected chi connectivity index (χ1v) is 8.55. The molecular weight excluding hydrogens is 266 g/mol. The van der Waals surface area contributed by atoms with E-state index in [0.717, 1.165) is 6.26 Å². The highest BCUT2D eigenvalue weighted by Gasteiger charge is 2.56. The lowest BCUT2D eigenvalue weighted by atomic mass is 10.1. The number of nitrogens with one attached hydrogen (secondary N) is 1. The molecule has 1 aliphatic rings. The number of hydrogen-bond acceptors (Lipinski definition) is 5. The van der Waals surface area contributed by atoms with Gasteiger partial charge >= 0.3 is 0 Å². The van der Waals surface area contributed by atoms with Crippen molar-refractivity contribution < 1.29 is 21.0 Å². The molecule has 0 bridgehead atoms. The Hall–Kier alpha value is -0.180. The molecule has 0 aromatic carbocycles. The summed E-state index contributed by atoms with van der Waals surface area (Å²) in [6.07, 6.45) is 1.76. The average molecular weight is 285 g/mol. The van der Waals surface area contributed by atoms with E-state index >= 15 is 0 Å². The zero-order chi connectivity index (χ0) is 13.5. The minimum absolute atomic E-state index is 0.308. The molecule has 1 saturated carbocycles. The van der Waals surface area contributed by atoms with Crippen molar-refractivity contribution in [2.75, 3.05) is 12.9 Å². The van der Waals surface area contributed by atoms with Crippen LogP contribution >= 0.6 is 0 Å². The first-order valence-electron chi connectivity index (χ1n) is 5.25. The van der Waals surface area contributed by atoms with Gasteiger partial charge in [0.1, 0.15) is 4.75 Å².